The van der Waals surface area contributed by atoms with Crippen molar-refractivity contribution in [1.29, 1.82) is 0 Å². The summed E-state index contributed by atoms with van der Waals surface area (Å²) in [7, 11) is 0. The van der Waals surface area contributed by atoms with Crippen LogP contribution >= 0.6 is 0 Å². The van der Waals surface area contributed by atoms with Crippen LogP contribution in [0.15, 0.2) is 36.4 Å². The van der Waals surface area contributed by atoms with Crippen LogP contribution in [0.25, 0.3) is 6.08 Å². The van der Waals surface area contributed by atoms with Crippen LogP contribution in [0, 0.1) is 13.8 Å². The SMILES string of the molecule is C=C(C)/C=C\c1c(C)cccc1C. The molecule has 0 atom stereocenters. The number of hydrogen-bond acceptors (Lipinski definition) is 0. The topological polar surface area (TPSA) is 0 Å². The highest BCUT2D eigenvalue weighted by Gasteiger charge is 1.96. The average Bonchev–Trinajstić information content (AvgIpc) is 2.03. The second-order valence-corrected chi connectivity index (χ2v) is 3.49. The van der Waals surface area contributed by atoms with Crippen LogP contribution in [-0.2, 0) is 0 Å². The molecule has 0 aliphatic carbocycles. The van der Waals surface area contributed by atoms with Gasteiger partial charge in [-0.05, 0) is 37.5 Å². The normalized spacial score (nSPS) is 10.7. The van der Waals surface area contributed by atoms with Gasteiger partial charge in [-0.2, -0.15) is 0 Å². The molecule has 0 amide bonds. The van der Waals surface area contributed by atoms with Gasteiger partial charge in [0.25, 0.3) is 0 Å². The summed E-state index contributed by atoms with van der Waals surface area (Å²) >= 11 is 0. The van der Waals surface area contributed by atoms with E-state index in [9.17, 15) is 0 Å². The summed E-state index contributed by atoms with van der Waals surface area (Å²) in [5.74, 6) is 0. The summed E-state index contributed by atoms with van der Waals surface area (Å²) in [6, 6.07) is 6.35. The first-order valence-corrected chi connectivity index (χ1v) is 4.51. The van der Waals surface area contributed by atoms with Crippen LogP contribution in [0.2, 0.25) is 0 Å². The van der Waals surface area contributed by atoms with Gasteiger partial charge in [0.2, 0.25) is 0 Å². The van der Waals surface area contributed by atoms with Crippen LogP contribution in [0.5, 0.6) is 0 Å². The van der Waals surface area contributed by atoms with Crippen LogP contribution < -0.4 is 0 Å². The molecule has 1 aromatic carbocycles. The number of benzene rings is 1. The largest absolute Gasteiger partial charge is 0.0961 e. The fourth-order valence-corrected chi connectivity index (χ4v) is 1.32. The summed E-state index contributed by atoms with van der Waals surface area (Å²) in [4.78, 5) is 0. The van der Waals surface area contributed by atoms with E-state index in [1.54, 1.807) is 0 Å². The predicted octanol–water partition coefficient (Wildman–Crippen LogP) is 3.89. The Kier molecular flexibility index (Phi) is 3.07. The quantitative estimate of drug-likeness (QED) is 0.594. The Labute approximate surface area is 80.6 Å². The molecule has 1 rings (SSSR count). The standard InChI is InChI=1S/C13H16/c1-10(2)8-9-13-11(3)6-5-7-12(13)4/h5-9H,1H2,2-4H3/b9-8-. The molecule has 68 valence electrons. The van der Waals surface area contributed by atoms with Gasteiger partial charge in [-0.1, -0.05) is 42.5 Å². The highest BCUT2D eigenvalue weighted by molar-refractivity contribution is 5.59. The molecule has 0 saturated heterocycles. The average molecular weight is 172 g/mol. The Hall–Kier alpha value is -1.30. The molecule has 0 heteroatoms. The van der Waals surface area contributed by atoms with Gasteiger partial charge in [-0.15, -0.1) is 0 Å². The highest BCUT2D eigenvalue weighted by Crippen LogP contribution is 2.15. The lowest BCUT2D eigenvalue weighted by molar-refractivity contribution is 1.35. The van der Waals surface area contributed by atoms with Crippen LogP contribution in [0.3, 0.4) is 0 Å². The number of aryl methyl sites for hydroxylation is 2. The molecule has 0 aliphatic rings. The molecule has 0 aromatic heterocycles. The maximum atomic E-state index is 3.84. The Morgan fingerprint density at radius 2 is 1.77 bits per heavy atom. The van der Waals surface area contributed by atoms with Crippen molar-refractivity contribution in [3.8, 4) is 0 Å². The van der Waals surface area contributed by atoms with E-state index in [1.807, 2.05) is 6.92 Å². The van der Waals surface area contributed by atoms with Crippen molar-refractivity contribution in [3.05, 3.63) is 53.1 Å². The molecule has 0 fully saturated rings. The fourth-order valence-electron chi connectivity index (χ4n) is 1.32. The van der Waals surface area contributed by atoms with Gasteiger partial charge in [-0.25, -0.2) is 0 Å². The van der Waals surface area contributed by atoms with Gasteiger partial charge < -0.3 is 0 Å². The van der Waals surface area contributed by atoms with Gasteiger partial charge in [0.1, 0.15) is 0 Å². The van der Waals surface area contributed by atoms with Crippen molar-refractivity contribution < 1.29 is 0 Å². The first-order chi connectivity index (χ1) is 6.11. The van der Waals surface area contributed by atoms with Crippen LogP contribution in [0.1, 0.15) is 23.6 Å². The van der Waals surface area contributed by atoms with Crippen molar-refractivity contribution in [3.63, 3.8) is 0 Å². The number of hydrogen-bond donors (Lipinski definition) is 0. The van der Waals surface area contributed by atoms with E-state index in [-0.39, 0.29) is 0 Å². The van der Waals surface area contributed by atoms with Crippen molar-refractivity contribution in [2.24, 2.45) is 0 Å². The van der Waals surface area contributed by atoms with Crippen molar-refractivity contribution >= 4 is 6.08 Å². The van der Waals surface area contributed by atoms with E-state index in [1.165, 1.54) is 16.7 Å². The second-order valence-electron chi connectivity index (χ2n) is 3.49. The van der Waals surface area contributed by atoms with E-state index >= 15 is 0 Å². The Bertz CT molecular complexity index is 323. The summed E-state index contributed by atoms with van der Waals surface area (Å²) in [5, 5.41) is 0. The molecule has 0 N–H and O–H groups in total. The minimum Gasteiger partial charge on any atom is -0.0961 e. The maximum Gasteiger partial charge on any atom is -0.0198 e. The third kappa shape index (κ3) is 2.59. The van der Waals surface area contributed by atoms with Crippen molar-refractivity contribution in [2.45, 2.75) is 20.8 Å². The van der Waals surface area contributed by atoms with E-state index < -0.39 is 0 Å². The third-order valence-corrected chi connectivity index (χ3v) is 2.08. The lowest BCUT2D eigenvalue weighted by Crippen LogP contribution is -1.84. The van der Waals surface area contributed by atoms with Gasteiger partial charge >= 0.3 is 0 Å². The molecule has 0 unspecified atom stereocenters. The van der Waals surface area contributed by atoms with Gasteiger partial charge in [0, 0.05) is 0 Å². The molecule has 0 nitrogen and oxygen atoms in total. The van der Waals surface area contributed by atoms with E-state index in [0.717, 1.165) is 5.57 Å². The third-order valence-electron chi connectivity index (χ3n) is 2.08. The zero-order chi connectivity index (χ0) is 9.84. The van der Waals surface area contributed by atoms with E-state index in [0.29, 0.717) is 0 Å². The Balaban J connectivity index is 3.06. The minimum absolute atomic E-state index is 1.09. The van der Waals surface area contributed by atoms with E-state index in [4.69, 9.17) is 0 Å². The summed E-state index contributed by atoms with van der Waals surface area (Å²) in [6.45, 7) is 10.1. The number of allylic oxidation sites excluding steroid dienone is 2. The number of rotatable bonds is 2. The predicted molar refractivity (Wildman–Crippen MR) is 59.8 cm³/mol. The molecule has 0 aliphatic heterocycles. The van der Waals surface area contributed by atoms with Gasteiger partial charge in [-0.3, -0.25) is 0 Å². The molecular weight excluding hydrogens is 156 g/mol. The van der Waals surface area contributed by atoms with Gasteiger partial charge in [0.15, 0.2) is 0 Å². The molecule has 0 spiro atoms. The minimum atomic E-state index is 1.09. The van der Waals surface area contributed by atoms with Crippen molar-refractivity contribution in [1.82, 2.24) is 0 Å². The molecule has 0 saturated carbocycles. The summed E-state index contributed by atoms with van der Waals surface area (Å²) in [6.07, 6.45) is 4.18. The zero-order valence-electron chi connectivity index (χ0n) is 8.59. The zero-order valence-corrected chi connectivity index (χ0v) is 8.59. The molecule has 0 radical (unpaired) electrons. The first kappa shape index (κ1) is 9.79. The van der Waals surface area contributed by atoms with E-state index in [2.05, 4.69) is 50.8 Å². The molecule has 0 bridgehead atoms. The summed E-state index contributed by atoms with van der Waals surface area (Å²) < 4.78 is 0. The smallest absolute Gasteiger partial charge is 0.0198 e. The monoisotopic (exact) mass is 172 g/mol. The summed E-state index contributed by atoms with van der Waals surface area (Å²) in [5.41, 5.74) is 5.03. The highest BCUT2D eigenvalue weighted by atomic mass is 14.0. The fraction of sp³-hybridized carbons (Fsp3) is 0.231. The van der Waals surface area contributed by atoms with Crippen molar-refractivity contribution in [2.75, 3.05) is 0 Å². The van der Waals surface area contributed by atoms with Gasteiger partial charge in [0.05, 0.1) is 0 Å². The maximum absolute atomic E-state index is 3.84. The lowest BCUT2D eigenvalue weighted by Gasteiger charge is -2.03. The molecule has 0 heterocycles. The Morgan fingerprint density at radius 1 is 1.23 bits per heavy atom. The molecule has 13 heavy (non-hydrogen) atoms. The first-order valence-electron chi connectivity index (χ1n) is 4.51. The van der Waals surface area contributed by atoms with Crippen LogP contribution in [0.4, 0.5) is 0 Å². The molecule has 1 aromatic rings. The van der Waals surface area contributed by atoms with Crippen LogP contribution in [-0.4, -0.2) is 0 Å². The lowest BCUT2D eigenvalue weighted by atomic mass is 10.0. The molecular formula is C13H16. The second kappa shape index (κ2) is 4.08. The Morgan fingerprint density at radius 3 is 2.23 bits per heavy atom.